The number of benzene rings is 1. The van der Waals surface area contributed by atoms with E-state index in [1.54, 1.807) is 19.1 Å². The molecule has 0 spiro atoms. The Morgan fingerprint density at radius 1 is 1.29 bits per heavy atom. The number of aliphatic hydroxyl groups excluding tert-OH is 1. The van der Waals surface area contributed by atoms with Gasteiger partial charge in [-0.25, -0.2) is 0 Å². The molecule has 1 heterocycles. The van der Waals surface area contributed by atoms with Crippen LogP contribution in [0.2, 0.25) is 0 Å². The fraction of sp³-hybridized carbons (Fsp3) is 0.231. The van der Waals surface area contributed by atoms with Crippen LogP contribution in [0, 0.1) is 5.92 Å². The van der Waals surface area contributed by atoms with E-state index in [0.29, 0.717) is 5.69 Å². The van der Waals surface area contributed by atoms with Crippen molar-refractivity contribution in [2.24, 2.45) is 5.92 Å². The van der Waals surface area contributed by atoms with Gasteiger partial charge in [0.25, 0.3) is 0 Å². The summed E-state index contributed by atoms with van der Waals surface area (Å²) < 4.78 is 0. The Balaban J connectivity index is 2.28. The van der Waals surface area contributed by atoms with Gasteiger partial charge < -0.3 is 10.4 Å². The quantitative estimate of drug-likeness (QED) is 0.709. The first-order valence-electron chi connectivity index (χ1n) is 5.41. The van der Waals surface area contributed by atoms with Crippen molar-refractivity contribution in [3.63, 3.8) is 0 Å². The predicted octanol–water partition coefficient (Wildman–Crippen LogP) is 1.54. The van der Waals surface area contributed by atoms with Gasteiger partial charge in [0.15, 0.2) is 5.76 Å². The smallest absolute Gasteiger partial charge is 0.232 e. The van der Waals surface area contributed by atoms with Gasteiger partial charge in [-0.3, -0.25) is 9.59 Å². The van der Waals surface area contributed by atoms with Gasteiger partial charge in [-0.05, 0) is 24.6 Å². The van der Waals surface area contributed by atoms with Crippen LogP contribution in [0.4, 0.5) is 5.69 Å². The highest BCUT2D eigenvalue weighted by molar-refractivity contribution is 6.14. The number of Topliss-reactive ketones (excluding diaryl/α,β-unsaturated/α-hetero) is 1. The standard InChI is InChI=1S/C13H11NO3/c1-13-7-4-2-3-5-9(7)14-12(17)8(13)6-10(15)11(13)16/h2-6,8,15H,1H3,(H,14,17)/t8-,13+/m1/s1. The number of amides is 1. The van der Waals surface area contributed by atoms with Crippen LogP contribution in [0.1, 0.15) is 12.5 Å². The van der Waals surface area contributed by atoms with Gasteiger partial charge >= 0.3 is 0 Å². The zero-order chi connectivity index (χ0) is 12.2. The Kier molecular flexibility index (Phi) is 1.76. The average molecular weight is 229 g/mol. The molecular formula is C13H11NO3. The van der Waals surface area contributed by atoms with E-state index in [0.717, 1.165) is 5.56 Å². The van der Waals surface area contributed by atoms with Crippen LogP contribution in [-0.4, -0.2) is 16.8 Å². The van der Waals surface area contributed by atoms with Crippen LogP contribution in [0.15, 0.2) is 36.1 Å². The number of hydrogen-bond donors (Lipinski definition) is 2. The molecule has 1 aromatic rings. The molecule has 2 N–H and O–H groups in total. The topological polar surface area (TPSA) is 66.4 Å². The third-order valence-corrected chi connectivity index (χ3v) is 3.68. The fourth-order valence-electron chi connectivity index (χ4n) is 2.69. The Morgan fingerprint density at radius 2 is 2.00 bits per heavy atom. The molecule has 0 saturated heterocycles. The molecule has 1 aliphatic carbocycles. The first kappa shape index (κ1) is 10.1. The molecule has 2 atom stereocenters. The molecule has 0 fully saturated rings. The Bertz CT molecular complexity index is 576. The number of ketones is 1. The van der Waals surface area contributed by atoms with Crippen LogP contribution in [0.25, 0.3) is 0 Å². The molecule has 0 bridgehead atoms. The number of anilines is 1. The number of carbonyl (C=O) groups is 2. The van der Waals surface area contributed by atoms with Crippen molar-refractivity contribution in [2.75, 3.05) is 5.32 Å². The van der Waals surface area contributed by atoms with E-state index in [1.165, 1.54) is 6.08 Å². The molecule has 86 valence electrons. The van der Waals surface area contributed by atoms with E-state index in [9.17, 15) is 14.7 Å². The van der Waals surface area contributed by atoms with Crippen LogP contribution in [0.3, 0.4) is 0 Å². The summed E-state index contributed by atoms with van der Waals surface area (Å²) >= 11 is 0. The number of carbonyl (C=O) groups excluding carboxylic acids is 2. The molecule has 0 radical (unpaired) electrons. The third-order valence-electron chi connectivity index (χ3n) is 3.68. The first-order valence-corrected chi connectivity index (χ1v) is 5.41. The van der Waals surface area contributed by atoms with Crippen molar-refractivity contribution in [3.05, 3.63) is 41.7 Å². The number of hydrogen-bond acceptors (Lipinski definition) is 3. The average Bonchev–Trinajstić information content (AvgIpc) is 2.55. The lowest BCUT2D eigenvalue weighted by Crippen LogP contribution is -2.45. The van der Waals surface area contributed by atoms with Crippen molar-refractivity contribution in [2.45, 2.75) is 12.3 Å². The Morgan fingerprint density at radius 3 is 2.76 bits per heavy atom. The van der Waals surface area contributed by atoms with Crippen LogP contribution < -0.4 is 5.32 Å². The lowest BCUT2D eigenvalue weighted by atomic mass is 9.69. The summed E-state index contributed by atoms with van der Waals surface area (Å²) in [5.74, 6) is -1.57. The van der Waals surface area contributed by atoms with Gasteiger partial charge in [-0.15, -0.1) is 0 Å². The SMILES string of the molecule is C[C@@]12C(=O)C(O)=C[C@@H]1C(=O)Nc1ccccc12. The van der Waals surface area contributed by atoms with Crippen molar-refractivity contribution >= 4 is 17.4 Å². The zero-order valence-electron chi connectivity index (χ0n) is 9.23. The summed E-state index contributed by atoms with van der Waals surface area (Å²) in [5, 5.41) is 12.3. The van der Waals surface area contributed by atoms with Gasteiger partial charge in [0.1, 0.15) is 0 Å². The van der Waals surface area contributed by atoms with Crippen molar-refractivity contribution < 1.29 is 14.7 Å². The lowest BCUT2D eigenvalue weighted by molar-refractivity contribution is -0.128. The summed E-state index contributed by atoms with van der Waals surface area (Å²) in [6.07, 6.45) is 1.34. The molecule has 1 aromatic carbocycles. The number of allylic oxidation sites excluding steroid dienone is 1. The number of fused-ring (bicyclic) bond motifs is 3. The maximum absolute atomic E-state index is 12.1. The van der Waals surface area contributed by atoms with Crippen LogP contribution in [-0.2, 0) is 15.0 Å². The molecular weight excluding hydrogens is 218 g/mol. The van der Waals surface area contributed by atoms with Gasteiger partial charge in [-0.2, -0.15) is 0 Å². The van der Waals surface area contributed by atoms with Crippen molar-refractivity contribution in [1.29, 1.82) is 0 Å². The minimum absolute atomic E-state index is 0.247. The molecule has 0 aromatic heterocycles. The normalized spacial score (nSPS) is 30.4. The van der Waals surface area contributed by atoms with E-state index in [4.69, 9.17) is 0 Å². The molecule has 0 unspecified atom stereocenters. The summed E-state index contributed by atoms with van der Waals surface area (Å²) in [4.78, 5) is 24.0. The lowest BCUT2D eigenvalue weighted by Gasteiger charge is -2.35. The van der Waals surface area contributed by atoms with E-state index in [-0.39, 0.29) is 17.4 Å². The molecule has 2 aliphatic rings. The van der Waals surface area contributed by atoms with E-state index >= 15 is 0 Å². The zero-order valence-corrected chi connectivity index (χ0v) is 9.23. The van der Waals surface area contributed by atoms with Crippen LogP contribution in [0.5, 0.6) is 0 Å². The van der Waals surface area contributed by atoms with E-state index < -0.39 is 11.3 Å². The third kappa shape index (κ3) is 1.07. The van der Waals surface area contributed by atoms with Gasteiger partial charge in [0, 0.05) is 5.69 Å². The number of rotatable bonds is 0. The maximum atomic E-state index is 12.1. The van der Waals surface area contributed by atoms with Gasteiger partial charge in [0.2, 0.25) is 11.7 Å². The number of nitrogens with one attached hydrogen (secondary N) is 1. The molecule has 17 heavy (non-hydrogen) atoms. The predicted molar refractivity (Wildman–Crippen MR) is 61.6 cm³/mol. The molecule has 4 nitrogen and oxygen atoms in total. The van der Waals surface area contributed by atoms with E-state index in [1.807, 2.05) is 12.1 Å². The second-order valence-electron chi connectivity index (χ2n) is 4.60. The molecule has 4 heteroatoms. The maximum Gasteiger partial charge on any atom is 0.232 e. The Labute approximate surface area is 98.0 Å². The highest BCUT2D eigenvalue weighted by Gasteiger charge is 2.54. The van der Waals surface area contributed by atoms with Crippen LogP contribution >= 0.6 is 0 Å². The fourth-order valence-corrected chi connectivity index (χ4v) is 2.69. The molecule has 1 amide bonds. The first-order chi connectivity index (χ1) is 8.05. The summed E-state index contributed by atoms with van der Waals surface area (Å²) in [6.45, 7) is 1.71. The second kappa shape index (κ2) is 2.97. The monoisotopic (exact) mass is 229 g/mol. The number of para-hydroxylation sites is 1. The number of aliphatic hydroxyl groups is 1. The van der Waals surface area contributed by atoms with Gasteiger partial charge in [0.05, 0.1) is 11.3 Å². The Hall–Kier alpha value is -2.10. The minimum Gasteiger partial charge on any atom is -0.505 e. The summed E-state index contributed by atoms with van der Waals surface area (Å²) in [6, 6.07) is 7.19. The molecule has 0 saturated carbocycles. The van der Waals surface area contributed by atoms with Crippen molar-refractivity contribution in [1.82, 2.24) is 0 Å². The van der Waals surface area contributed by atoms with Gasteiger partial charge in [-0.1, -0.05) is 18.2 Å². The summed E-state index contributed by atoms with van der Waals surface area (Å²) in [7, 11) is 0. The molecule has 1 aliphatic heterocycles. The van der Waals surface area contributed by atoms with E-state index in [2.05, 4.69) is 5.32 Å². The minimum atomic E-state index is -0.969. The summed E-state index contributed by atoms with van der Waals surface area (Å²) in [5.41, 5.74) is 0.436. The largest absolute Gasteiger partial charge is 0.505 e. The highest BCUT2D eigenvalue weighted by atomic mass is 16.3. The molecule has 3 rings (SSSR count). The van der Waals surface area contributed by atoms with Crippen molar-refractivity contribution in [3.8, 4) is 0 Å². The highest BCUT2D eigenvalue weighted by Crippen LogP contribution is 2.47. The second-order valence-corrected chi connectivity index (χ2v) is 4.60.